The summed E-state index contributed by atoms with van der Waals surface area (Å²) in [7, 11) is 0. The molecule has 6 nitrogen and oxygen atoms in total. The zero-order chi connectivity index (χ0) is 18.9. The fourth-order valence-electron chi connectivity index (χ4n) is 4.66. The molecule has 0 radical (unpaired) electrons. The van der Waals surface area contributed by atoms with Crippen molar-refractivity contribution in [3.63, 3.8) is 0 Å². The molecule has 0 aliphatic carbocycles. The van der Waals surface area contributed by atoms with E-state index in [-0.39, 0.29) is 11.4 Å². The van der Waals surface area contributed by atoms with E-state index >= 15 is 0 Å². The molecule has 1 spiro atoms. The van der Waals surface area contributed by atoms with Gasteiger partial charge in [-0.25, -0.2) is 4.98 Å². The van der Waals surface area contributed by atoms with E-state index < -0.39 is 0 Å². The van der Waals surface area contributed by atoms with Gasteiger partial charge >= 0.3 is 0 Å². The lowest BCUT2D eigenvalue weighted by Crippen LogP contribution is -2.57. The van der Waals surface area contributed by atoms with Gasteiger partial charge in [0.1, 0.15) is 5.75 Å². The van der Waals surface area contributed by atoms with Crippen molar-refractivity contribution in [2.45, 2.75) is 38.6 Å². The van der Waals surface area contributed by atoms with E-state index in [0.29, 0.717) is 6.61 Å². The van der Waals surface area contributed by atoms with Crippen LogP contribution in [0, 0.1) is 0 Å². The molecule has 0 atom stereocenters. The average Bonchev–Trinajstić information content (AvgIpc) is 3.19. The molecule has 1 fully saturated rings. The highest BCUT2D eigenvalue weighted by molar-refractivity contribution is 5.94. The number of hydrogen-bond donors (Lipinski definition) is 1. The molecule has 27 heavy (non-hydrogen) atoms. The van der Waals surface area contributed by atoms with Crippen LogP contribution in [0.3, 0.4) is 0 Å². The monoisotopic (exact) mass is 368 g/mol. The highest BCUT2D eigenvalue weighted by Crippen LogP contribution is 2.42. The largest absolute Gasteiger partial charge is 0.494 e. The topological polar surface area (TPSA) is 61.5 Å². The summed E-state index contributed by atoms with van der Waals surface area (Å²) in [4.78, 5) is 25.5. The van der Waals surface area contributed by atoms with Crippen molar-refractivity contribution in [2.75, 3.05) is 32.8 Å². The molecule has 2 aliphatic heterocycles. The molecule has 0 unspecified atom stereocenters. The van der Waals surface area contributed by atoms with Crippen LogP contribution in [0.25, 0.3) is 0 Å². The number of benzene rings is 1. The molecule has 1 aromatic heterocycles. The molecule has 1 N–H and O–H groups in total. The van der Waals surface area contributed by atoms with E-state index in [2.05, 4.69) is 21.8 Å². The number of fused-ring (bicyclic) bond motifs is 2. The van der Waals surface area contributed by atoms with Gasteiger partial charge in [-0.3, -0.25) is 9.69 Å². The lowest BCUT2D eigenvalue weighted by Gasteiger charge is -2.50. The number of imidazole rings is 1. The summed E-state index contributed by atoms with van der Waals surface area (Å²) >= 11 is 0. The predicted molar refractivity (Wildman–Crippen MR) is 104 cm³/mol. The number of nitrogens with zero attached hydrogens (tertiary/aromatic N) is 3. The first-order chi connectivity index (χ1) is 13.2. The van der Waals surface area contributed by atoms with Crippen LogP contribution >= 0.6 is 0 Å². The van der Waals surface area contributed by atoms with E-state index in [1.807, 2.05) is 42.4 Å². The molecule has 1 amide bonds. The maximum absolute atomic E-state index is 12.9. The Balaban J connectivity index is 1.49. The van der Waals surface area contributed by atoms with Crippen LogP contribution in [0.2, 0.25) is 0 Å². The van der Waals surface area contributed by atoms with Gasteiger partial charge in [-0.2, -0.15) is 0 Å². The van der Waals surface area contributed by atoms with Crippen molar-refractivity contribution in [2.24, 2.45) is 0 Å². The highest BCUT2D eigenvalue weighted by atomic mass is 16.5. The standard InChI is InChI=1S/C21H28N4O2/c1-3-25-12-9-18-19(23-15-22-18)21(25)10-13-24(14-11-21)20(26)16-5-7-17(8-6-16)27-4-2/h5-8,15H,3-4,9-14H2,1-2H3,(H,22,23). The third kappa shape index (κ3) is 3.12. The second-order valence-corrected chi connectivity index (χ2v) is 7.34. The average molecular weight is 368 g/mol. The van der Waals surface area contributed by atoms with Crippen LogP contribution in [0.15, 0.2) is 30.6 Å². The number of H-pyrrole nitrogens is 1. The Bertz CT molecular complexity index is 791. The second kappa shape index (κ2) is 7.35. The molecule has 1 aromatic carbocycles. The van der Waals surface area contributed by atoms with E-state index in [4.69, 9.17) is 4.74 Å². The number of carbonyl (C=O) groups excluding carboxylic acids is 1. The number of amides is 1. The number of nitrogens with one attached hydrogen (secondary N) is 1. The summed E-state index contributed by atoms with van der Waals surface area (Å²) in [6.45, 7) is 8.39. The third-order valence-electron chi connectivity index (χ3n) is 6.07. The normalized spacial score (nSPS) is 19.1. The predicted octanol–water partition coefficient (Wildman–Crippen LogP) is 2.82. The minimum Gasteiger partial charge on any atom is -0.494 e. The lowest BCUT2D eigenvalue weighted by molar-refractivity contribution is 0.0103. The first kappa shape index (κ1) is 18.0. The molecule has 1 saturated heterocycles. The first-order valence-electron chi connectivity index (χ1n) is 9.98. The van der Waals surface area contributed by atoms with Gasteiger partial charge in [0.15, 0.2) is 0 Å². The van der Waals surface area contributed by atoms with Gasteiger partial charge in [0, 0.05) is 37.3 Å². The summed E-state index contributed by atoms with van der Waals surface area (Å²) < 4.78 is 5.47. The van der Waals surface area contributed by atoms with Crippen LogP contribution in [0.5, 0.6) is 5.75 Å². The van der Waals surface area contributed by atoms with Gasteiger partial charge in [-0.05, 0) is 50.6 Å². The number of aromatic nitrogens is 2. The number of aromatic amines is 1. The maximum atomic E-state index is 12.9. The van der Waals surface area contributed by atoms with Gasteiger partial charge < -0.3 is 14.6 Å². The number of likely N-dealkylation sites (tertiary alicyclic amines) is 1. The van der Waals surface area contributed by atoms with Crippen molar-refractivity contribution in [1.29, 1.82) is 0 Å². The summed E-state index contributed by atoms with van der Waals surface area (Å²) in [5.74, 6) is 0.910. The Morgan fingerprint density at radius 3 is 2.59 bits per heavy atom. The Morgan fingerprint density at radius 2 is 1.93 bits per heavy atom. The number of likely N-dealkylation sites (N-methyl/N-ethyl adjacent to an activating group) is 1. The van der Waals surface area contributed by atoms with Gasteiger partial charge in [-0.15, -0.1) is 0 Å². The van der Waals surface area contributed by atoms with E-state index in [0.717, 1.165) is 56.8 Å². The molecule has 3 heterocycles. The molecule has 2 aliphatic rings. The van der Waals surface area contributed by atoms with E-state index in [1.165, 1.54) is 11.4 Å². The quantitative estimate of drug-likeness (QED) is 0.901. The zero-order valence-corrected chi connectivity index (χ0v) is 16.2. The number of piperidine rings is 1. The van der Waals surface area contributed by atoms with Gasteiger partial charge in [0.2, 0.25) is 0 Å². The van der Waals surface area contributed by atoms with Crippen molar-refractivity contribution in [3.8, 4) is 5.75 Å². The summed E-state index contributed by atoms with van der Waals surface area (Å²) in [6.07, 6.45) is 4.71. The van der Waals surface area contributed by atoms with Crippen LogP contribution in [-0.4, -0.2) is 58.5 Å². The Kier molecular flexibility index (Phi) is 4.91. The number of ether oxygens (including phenoxy) is 1. The van der Waals surface area contributed by atoms with Gasteiger partial charge in [-0.1, -0.05) is 6.92 Å². The van der Waals surface area contributed by atoms with Crippen LogP contribution < -0.4 is 4.74 Å². The number of carbonyl (C=O) groups is 1. The maximum Gasteiger partial charge on any atom is 0.253 e. The Morgan fingerprint density at radius 1 is 1.19 bits per heavy atom. The second-order valence-electron chi connectivity index (χ2n) is 7.34. The summed E-state index contributed by atoms with van der Waals surface area (Å²) in [5.41, 5.74) is 3.17. The van der Waals surface area contributed by atoms with Crippen molar-refractivity contribution in [1.82, 2.24) is 19.8 Å². The lowest BCUT2D eigenvalue weighted by atomic mass is 9.78. The smallest absolute Gasteiger partial charge is 0.253 e. The summed E-state index contributed by atoms with van der Waals surface area (Å²) in [6, 6.07) is 7.47. The number of hydrogen-bond acceptors (Lipinski definition) is 4. The van der Waals surface area contributed by atoms with Crippen LogP contribution in [0.1, 0.15) is 48.4 Å². The molecule has 6 heteroatoms. The highest BCUT2D eigenvalue weighted by Gasteiger charge is 2.46. The van der Waals surface area contributed by atoms with Gasteiger partial charge in [0.25, 0.3) is 5.91 Å². The van der Waals surface area contributed by atoms with Gasteiger partial charge in [0.05, 0.1) is 24.2 Å². The van der Waals surface area contributed by atoms with Crippen LogP contribution in [0.4, 0.5) is 0 Å². The molecule has 0 saturated carbocycles. The molecule has 4 rings (SSSR count). The Labute approximate surface area is 160 Å². The van der Waals surface area contributed by atoms with E-state index in [9.17, 15) is 4.79 Å². The molecule has 144 valence electrons. The SMILES string of the molecule is CCOc1ccc(C(=O)N2CCC3(CC2)c2nc[nH]c2CCN3CC)cc1. The minimum absolute atomic E-state index is 0.0298. The number of rotatable bonds is 4. The zero-order valence-electron chi connectivity index (χ0n) is 16.2. The van der Waals surface area contributed by atoms with Crippen molar-refractivity contribution >= 4 is 5.91 Å². The molecular formula is C21H28N4O2. The molecule has 2 aromatic rings. The summed E-state index contributed by atoms with van der Waals surface area (Å²) in [5, 5.41) is 0. The molecular weight excluding hydrogens is 340 g/mol. The first-order valence-corrected chi connectivity index (χ1v) is 9.98. The fraction of sp³-hybridized carbons (Fsp3) is 0.524. The Hall–Kier alpha value is -2.34. The fourth-order valence-corrected chi connectivity index (χ4v) is 4.66. The third-order valence-corrected chi connectivity index (χ3v) is 6.07. The van der Waals surface area contributed by atoms with E-state index in [1.54, 1.807) is 0 Å². The van der Waals surface area contributed by atoms with Crippen molar-refractivity contribution < 1.29 is 9.53 Å². The van der Waals surface area contributed by atoms with Crippen LogP contribution in [-0.2, 0) is 12.0 Å². The van der Waals surface area contributed by atoms with Crippen molar-refractivity contribution in [3.05, 3.63) is 47.5 Å². The minimum atomic E-state index is -0.0298. The molecule has 0 bridgehead atoms.